The van der Waals surface area contributed by atoms with Gasteiger partial charge in [0.1, 0.15) is 0 Å². The fraction of sp³-hybridized carbons (Fsp3) is 0.0714. The van der Waals surface area contributed by atoms with Gasteiger partial charge in [-0.1, -0.05) is 34.1 Å². The summed E-state index contributed by atoms with van der Waals surface area (Å²) in [5, 5.41) is 15.1. The van der Waals surface area contributed by atoms with E-state index in [-0.39, 0.29) is 0 Å². The van der Waals surface area contributed by atoms with Crippen LogP contribution in [0.5, 0.6) is 0 Å². The third-order valence-corrected chi connectivity index (χ3v) is 3.36. The number of hydrogen-bond acceptors (Lipinski definition) is 4. The summed E-state index contributed by atoms with van der Waals surface area (Å²) in [6, 6.07) is 17.8. The number of nitrogens with zero attached hydrogens (tertiary/aromatic N) is 4. The van der Waals surface area contributed by atoms with Crippen LogP contribution in [0.25, 0.3) is 5.69 Å². The second-order valence-corrected chi connectivity index (χ2v) is 5.12. The molecule has 1 N–H and O–H groups in total. The number of hydrogen-bond donors (Lipinski definition) is 1. The van der Waals surface area contributed by atoms with Crippen molar-refractivity contribution in [3.63, 3.8) is 0 Å². The molecule has 0 atom stereocenters. The first-order chi connectivity index (χ1) is 9.83. The minimum atomic E-state index is 0.559. The highest BCUT2D eigenvalue weighted by molar-refractivity contribution is 9.10. The van der Waals surface area contributed by atoms with E-state index in [1.54, 1.807) is 4.68 Å². The lowest BCUT2D eigenvalue weighted by molar-refractivity contribution is 0.768. The molecule has 0 unspecified atom stereocenters. The molecule has 0 spiro atoms. The summed E-state index contributed by atoms with van der Waals surface area (Å²) in [5.41, 5.74) is 1.97. The van der Waals surface area contributed by atoms with Gasteiger partial charge in [-0.3, -0.25) is 0 Å². The van der Waals surface area contributed by atoms with Crippen molar-refractivity contribution in [2.24, 2.45) is 0 Å². The normalized spacial score (nSPS) is 10.4. The van der Waals surface area contributed by atoms with Crippen molar-refractivity contribution in [3.8, 4) is 5.69 Å². The molecule has 0 saturated heterocycles. The Balaban J connectivity index is 1.76. The molecule has 2 aromatic carbocycles. The first kappa shape index (κ1) is 12.8. The number of rotatable bonds is 4. The van der Waals surface area contributed by atoms with Crippen molar-refractivity contribution in [2.75, 3.05) is 5.32 Å². The predicted octanol–water partition coefficient (Wildman–Crippen LogP) is 3.04. The summed E-state index contributed by atoms with van der Waals surface area (Å²) < 4.78 is 2.78. The first-order valence-electron chi connectivity index (χ1n) is 6.15. The highest BCUT2D eigenvalue weighted by Crippen LogP contribution is 2.15. The van der Waals surface area contributed by atoms with Crippen LogP contribution in [-0.2, 0) is 6.54 Å². The molecule has 5 nitrogen and oxygen atoms in total. The van der Waals surface area contributed by atoms with Crippen LogP contribution in [0.1, 0.15) is 5.82 Å². The van der Waals surface area contributed by atoms with E-state index in [2.05, 4.69) is 36.8 Å². The first-order valence-corrected chi connectivity index (χ1v) is 6.94. The maximum atomic E-state index is 4.06. The van der Waals surface area contributed by atoms with E-state index in [1.807, 2.05) is 54.6 Å². The Hall–Kier alpha value is -2.21. The molecule has 3 aromatic rings. The summed E-state index contributed by atoms with van der Waals surface area (Å²) in [6.45, 7) is 0.559. The molecule has 0 fully saturated rings. The number of anilines is 1. The van der Waals surface area contributed by atoms with E-state index in [0.717, 1.165) is 21.7 Å². The summed E-state index contributed by atoms with van der Waals surface area (Å²) >= 11 is 3.41. The van der Waals surface area contributed by atoms with E-state index >= 15 is 0 Å². The minimum absolute atomic E-state index is 0.559. The van der Waals surface area contributed by atoms with Gasteiger partial charge in [0.05, 0.1) is 12.2 Å². The van der Waals surface area contributed by atoms with Crippen LogP contribution >= 0.6 is 15.9 Å². The van der Waals surface area contributed by atoms with Gasteiger partial charge in [-0.2, -0.15) is 4.68 Å². The van der Waals surface area contributed by atoms with E-state index in [9.17, 15) is 0 Å². The van der Waals surface area contributed by atoms with Crippen molar-refractivity contribution in [3.05, 3.63) is 64.9 Å². The zero-order chi connectivity index (χ0) is 13.8. The number of tetrazole rings is 1. The number of para-hydroxylation sites is 1. The summed E-state index contributed by atoms with van der Waals surface area (Å²) in [5.74, 6) is 0.763. The lowest BCUT2D eigenvalue weighted by Gasteiger charge is -2.07. The number of benzene rings is 2. The van der Waals surface area contributed by atoms with E-state index in [1.165, 1.54) is 0 Å². The molecule has 0 aliphatic carbocycles. The van der Waals surface area contributed by atoms with Crippen LogP contribution < -0.4 is 5.32 Å². The Labute approximate surface area is 124 Å². The van der Waals surface area contributed by atoms with E-state index < -0.39 is 0 Å². The van der Waals surface area contributed by atoms with Gasteiger partial charge in [0.2, 0.25) is 0 Å². The van der Waals surface area contributed by atoms with Crippen LogP contribution in [0.3, 0.4) is 0 Å². The predicted molar refractivity (Wildman–Crippen MR) is 80.6 cm³/mol. The molecule has 1 aromatic heterocycles. The van der Waals surface area contributed by atoms with E-state index in [4.69, 9.17) is 0 Å². The quantitative estimate of drug-likeness (QED) is 0.799. The van der Waals surface area contributed by atoms with Gasteiger partial charge in [-0.25, -0.2) is 0 Å². The smallest absolute Gasteiger partial charge is 0.175 e. The summed E-state index contributed by atoms with van der Waals surface area (Å²) in [7, 11) is 0. The van der Waals surface area contributed by atoms with Crippen molar-refractivity contribution in [1.29, 1.82) is 0 Å². The lowest BCUT2D eigenvalue weighted by Crippen LogP contribution is -2.08. The van der Waals surface area contributed by atoms with Crippen molar-refractivity contribution < 1.29 is 0 Å². The Morgan fingerprint density at radius 1 is 1.00 bits per heavy atom. The molecule has 0 amide bonds. The number of aromatic nitrogens is 4. The molecule has 0 bridgehead atoms. The van der Waals surface area contributed by atoms with Gasteiger partial charge in [0.25, 0.3) is 0 Å². The van der Waals surface area contributed by atoms with E-state index in [0.29, 0.717) is 6.54 Å². The second kappa shape index (κ2) is 5.83. The van der Waals surface area contributed by atoms with Gasteiger partial charge < -0.3 is 5.32 Å². The molecule has 0 aliphatic rings. The van der Waals surface area contributed by atoms with Gasteiger partial charge >= 0.3 is 0 Å². The average Bonchev–Trinajstić information content (AvgIpc) is 2.96. The standard InChI is InChI=1S/C14H12BrN5/c15-11-6-8-12(9-7-11)16-10-14-17-18-19-20(14)13-4-2-1-3-5-13/h1-9,16H,10H2. The highest BCUT2D eigenvalue weighted by atomic mass is 79.9. The Bertz CT molecular complexity index is 678. The Morgan fingerprint density at radius 3 is 2.50 bits per heavy atom. The molecule has 0 radical (unpaired) electrons. The maximum absolute atomic E-state index is 4.06. The number of halogens is 1. The SMILES string of the molecule is Brc1ccc(NCc2nnnn2-c2ccccc2)cc1. The second-order valence-electron chi connectivity index (χ2n) is 4.20. The summed E-state index contributed by atoms with van der Waals surface area (Å²) in [4.78, 5) is 0. The fourth-order valence-corrected chi connectivity index (χ4v) is 2.10. The van der Waals surface area contributed by atoms with Crippen molar-refractivity contribution in [1.82, 2.24) is 20.2 Å². The molecule has 0 aliphatic heterocycles. The average molecular weight is 330 g/mol. The molecule has 1 heterocycles. The van der Waals surface area contributed by atoms with Crippen LogP contribution in [-0.4, -0.2) is 20.2 Å². The Kier molecular flexibility index (Phi) is 3.73. The number of nitrogens with one attached hydrogen (secondary N) is 1. The molecule has 6 heteroatoms. The summed E-state index contributed by atoms with van der Waals surface area (Å²) in [6.07, 6.45) is 0. The van der Waals surface area contributed by atoms with Gasteiger partial charge in [-0.15, -0.1) is 5.10 Å². The van der Waals surface area contributed by atoms with Crippen molar-refractivity contribution in [2.45, 2.75) is 6.54 Å². The largest absolute Gasteiger partial charge is 0.378 e. The molecule has 20 heavy (non-hydrogen) atoms. The highest BCUT2D eigenvalue weighted by Gasteiger charge is 2.07. The van der Waals surface area contributed by atoms with Gasteiger partial charge in [-0.05, 0) is 46.8 Å². The van der Waals surface area contributed by atoms with Gasteiger partial charge in [0, 0.05) is 10.2 Å². The topological polar surface area (TPSA) is 55.6 Å². The zero-order valence-electron chi connectivity index (χ0n) is 10.6. The van der Waals surface area contributed by atoms with Crippen LogP contribution in [0.4, 0.5) is 5.69 Å². The van der Waals surface area contributed by atoms with Crippen LogP contribution in [0.15, 0.2) is 59.1 Å². The zero-order valence-corrected chi connectivity index (χ0v) is 12.2. The van der Waals surface area contributed by atoms with Crippen molar-refractivity contribution >= 4 is 21.6 Å². The Morgan fingerprint density at radius 2 is 1.75 bits per heavy atom. The molecular formula is C14H12BrN5. The molecule has 100 valence electrons. The monoisotopic (exact) mass is 329 g/mol. The third kappa shape index (κ3) is 2.85. The molecule has 0 saturated carbocycles. The maximum Gasteiger partial charge on any atom is 0.175 e. The van der Waals surface area contributed by atoms with Crippen LogP contribution in [0, 0.1) is 0 Å². The third-order valence-electron chi connectivity index (χ3n) is 2.83. The van der Waals surface area contributed by atoms with Crippen LogP contribution in [0.2, 0.25) is 0 Å². The molecule has 3 rings (SSSR count). The molecular weight excluding hydrogens is 318 g/mol. The fourth-order valence-electron chi connectivity index (χ4n) is 1.83. The minimum Gasteiger partial charge on any atom is -0.378 e. The lowest BCUT2D eigenvalue weighted by atomic mass is 10.3. The van der Waals surface area contributed by atoms with Gasteiger partial charge in [0.15, 0.2) is 5.82 Å².